The van der Waals surface area contributed by atoms with Crippen molar-refractivity contribution in [2.24, 2.45) is 4.99 Å². The molecule has 10 heavy (non-hydrogen) atoms. The van der Waals surface area contributed by atoms with Crippen LogP contribution in [0.5, 0.6) is 0 Å². The minimum atomic E-state index is 0.440. The minimum absolute atomic E-state index is 0.440. The van der Waals surface area contributed by atoms with Crippen LogP contribution in [0.25, 0.3) is 0 Å². The van der Waals surface area contributed by atoms with Crippen LogP contribution < -0.4 is 10.8 Å². The third kappa shape index (κ3) is 2.33. The van der Waals surface area contributed by atoms with Gasteiger partial charge in [-0.05, 0) is 0 Å². The standard InChI is InChI=1S/C6H13N3O/c1-5(2)7-3-6-8-4-10-9-6/h5,7H,3-4H2,1-2H3,(H,8,9). The zero-order valence-electron chi connectivity index (χ0n) is 6.35. The molecule has 0 radical (unpaired) electrons. The van der Waals surface area contributed by atoms with Gasteiger partial charge in [0.25, 0.3) is 0 Å². The molecule has 0 bridgehead atoms. The van der Waals surface area contributed by atoms with Crippen molar-refractivity contribution in [3.63, 3.8) is 0 Å². The predicted octanol–water partition coefficient (Wildman–Crippen LogP) is -0.125. The molecule has 1 rings (SSSR count). The van der Waals surface area contributed by atoms with Crippen molar-refractivity contribution in [2.75, 3.05) is 13.3 Å². The highest BCUT2D eigenvalue weighted by molar-refractivity contribution is 5.83. The Hall–Kier alpha value is -0.610. The van der Waals surface area contributed by atoms with E-state index < -0.39 is 0 Å². The first kappa shape index (κ1) is 7.50. The second-order valence-corrected chi connectivity index (χ2v) is 2.52. The van der Waals surface area contributed by atoms with Gasteiger partial charge in [0, 0.05) is 6.04 Å². The highest BCUT2D eigenvalue weighted by Gasteiger charge is 2.04. The van der Waals surface area contributed by atoms with Crippen LogP contribution in [0.3, 0.4) is 0 Å². The van der Waals surface area contributed by atoms with Crippen molar-refractivity contribution in [3.8, 4) is 0 Å². The van der Waals surface area contributed by atoms with E-state index in [0.717, 1.165) is 12.4 Å². The monoisotopic (exact) mass is 143 g/mol. The van der Waals surface area contributed by atoms with E-state index in [1.54, 1.807) is 0 Å². The maximum absolute atomic E-state index is 4.80. The van der Waals surface area contributed by atoms with Gasteiger partial charge in [-0.3, -0.25) is 4.84 Å². The molecule has 1 aliphatic rings. The fourth-order valence-corrected chi connectivity index (χ4v) is 0.651. The van der Waals surface area contributed by atoms with Gasteiger partial charge >= 0.3 is 0 Å². The highest BCUT2D eigenvalue weighted by Crippen LogP contribution is 1.85. The highest BCUT2D eigenvalue weighted by atomic mass is 16.7. The van der Waals surface area contributed by atoms with Crippen LogP contribution in [-0.2, 0) is 4.84 Å². The lowest BCUT2D eigenvalue weighted by Gasteiger charge is -2.06. The van der Waals surface area contributed by atoms with E-state index in [9.17, 15) is 0 Å². The molecule has 0 amide bonds. The van der Waals surface area contributed by atoms with E-state index in [-0.39, 0.29) is 0 Å². The third-order valence-electron chi connectivity index (χ3n) is 1.19. The Kier molecular flexibility index (Phi) is 2.65. The topological polar surface area (TPSA) is 45.7 Å². The summed E-state index contributed by atoms with van der Waals surface area (Å²) in [5, 5.41) is 3.21. The average Bonchev–Trinajstić information content (AvgIpc) is 2.34. The molecule has 0 aromatic rings. The second-order valence-electron chi connectivity index (χ2n) is 2.52. The summed E-state index contributed by atoms with van der Waals surface area (Å²) in [6.07, 6.45) is 0. The molecule has 1 aliphatic heterocycles. The summed E-state index contributed by atoms with van der Waals surface area (Å²) in [5.41, 5.74) is 2.70. The third-order valence-corrected chi connectivity index (χ3v) is 1.19. The van der Waals surface area contributed by atoms with Gasteiger partial charge in [-0.2, -0.15) is 0 Å². The lowest BCUT2D eigenvalue weighted by molar-refractivity contribution is 0.114. The second kappa shape index (κ2) is 3.53. The summed E-state index contributed by atoms with van der Waals surface area (Å²) < 4.78 is 0. The van der Waals surface area contributed by atoms with E-state index in [1.165, 1.54) is 0 Å². The molecule has 0 aliphatic carbocycles. The molecule has 0 saturated carbocycles. The van der Waals surface area contributed by atoms with E-state index in [4.69, 9.17) is 4.84 Å². The number of amidine groups is 1. The molecular weight excluding hydrogens is 130 g/mol. The van der Waals surface area contributed by atoms with Gasteiger partial charge in [-0.25, -0.2) is 10.5 Å². The number of hydrogen-bond donors (Lipinski definition) is 2. The van der Waals surface area contributed by atoms with Crippen molar-refractivity contribution in [3.05, 3.63) is 0 Å². The van der Waals surface area contributed by atoms with Crippen LogP contribution in [0.4, 0.5) is 0 Å². The van der Waals surface area contributed by atoms with Gasteiger partial charge in [0.1, 0.15) is 5.84 Å². The van der Waals surface area contributed by atoms with Crippen molar-refractivity contribution in [2.45, 2.75) is 19.9 Å². The molecule has 4 heteroatoms. The Balaban J connectivity index is 2.13. The smallest absolute Gasteiger partial charge is 0.166 e. The number of rotatable bonds is 3. The van der Waals surface area contributed by atoms with Crippen LogP contribution in [0.2, 0.25) is 0 Å². The van der Waals surface area contributed by atoms with E-state index in [2.05, 4.69) is 29.6 Å². The SMILES string of the molecule is CC(C)NCC1=NCON1. The number of nitrogens with zero attached hydrogens (tertiary/aromatic N) is 1. The molecule has 4 nitrogen and oxygen atoms in total. The number of hydrogen-bond acceptors (Lipinski definition) is 4. The summed E-state index contributed by atoms with van der Waals surface area (Å²) in [6, 6.07) is 0.491. The Bertz CT molecular complexity index is 133. The number of nitrogens with one attached hydrogen (secondary N) is 2. The molecule has 1 heterocycles. The quantitative estimate of drug-likeness (QED) is 0.578. The molecule has 0 aromatic carbocycles. The molecule has 2 N–H and O–H groups in total. The Morgan fingerprint density at radius 2 is 2.60 bits per heavy atom. The fraction of sp³-hybridized carbons (Fsp3) is 0.833. The molecule has 58 valence electrons. The molecular formula is C6H13N3O. The predicted molar refractivity (Wildman–Crippen MR) is 39.7 cm³/mol. The van der Waals surface area contributed by atoms with Crippen LogP contribution in [0.1, 0.15) is 13.8 Å². The summed E-state index contributed by atoms with van der Waals surface area (Å²) in [4.78, 5) is 8.82. The van der Waals surface area contributed by atoms with E-state index in [1.807, 2.05) is 0 Å². The normalized spacial score (nSPS) is 17.3. The van der Waals surface area contributed by atoms with Crippen molar-refractivity contribution < 1.29 is 4.84 Å². The zero-order valence-corrected chi connectivity index (χ0v) is 6.35. The van der Waals surface area contributed by atoms with Crippen LogP contribution in [0, 0.1) is 0 Å². The summed E-state index contributed by atoms with van der Waals surface area (Å²) in [5.74, 6) is 0.883. The molecule has 0 saturated heterocycles. The maximum Gasteiger partial charge on any atom is 0.166 e. The van der Waals surface area contributed by atoms with Gasteiger partial charge < -0.3 is 5.32 Å². The van der Waals surface area contributed by atoms with Crippen LogP contribution in [-0.4, -0.2) is 25.2 Å². The fourth-order valence-electron chi connectivity index (χ4n) is 0.651. The van der Waals surface area contributed by atoms with Gasteiger partial charge in [0.05, 0.1) is 6.54 Å². The molecule has 0 spiro atoms. The van der Waals surface area contributed by atoms with Gasteiger partial charge in [-0.1, -0.05) is 13.8 Å². The van der Waals surface area contributed by atoms with E-state index >= 15 is 0 Å². The summed E-state index contributed by atoms with van der Waals surface area (Å²) >= 11 is 0. The first-order valence-electron chi connectivity index (χ1n) is 3.43. The number of hydroxylamine groups is 1. The van der Waals surface area contributed by atoms with Crippen molar-refractivity contribution in [1.82, 2.24) is 10.8 Å². The van der Waals surface area contributed by atoms with Gasteiger partial charge in [0.2, 0.25) is 0 Å². The van der Waals surface area contributed by atoms with Crippen molar-refractivity contribution in [1.29, 1.82) is 0 Å². The number of aliphatic imine (C=N–C) groups is 1. The van der Waals surface area contributed by atoms with Gasteiger partial charge in [-0.15, -0.1) is 0 Å². The summed E-state index contributed by atoms with van der Waals surface area (Å²) in [6.45, 7) is 5.39. The first-order valence-corrected chi connectivity index (χ1v) is 3.43. The van der Waals surface area contributed by atoms with E-state index in [0.29, 0.717) is 12.8 Å². The summed E-state index contributed by atoms with van der Waals surface area (Å²) in [7, 11) is 0. The Morgan fingerprint density at radius 3 is 3.10 bits per heavy atom. The molecule has 0 unspecified atom stereocenters. The maximum atomic E-state index is 4.80. The lowest BCUT2D eigenvalue weighted by atomic mass is 10.4. The van der Waals surface area contributed by atoms with Crippen LogP contribution >= 0.6 is 0 Å². The average molecular weight is 143 g/mol. The minimum Gasteiger partial charge on any atom is -0.308 e. The Morgan fingerprint density at radius 1 is 1.80 bits per heavy atom. The van der Waals surface area contributed by atoms with Gasteiger partial charge in [0.15, 0.2) is 6.73 Å². The van der Waals surface area contributed by atoms with Crippen molar-refractivity contribution >= 4 is 5.84 Å². The Labute approximate surface area is 60.6 Å². The molecule has 0 atom stereocenters. The largest absolute Gasteiger partial charge is 0.308 e. The molecule has 0 fully saturated rings. The zero-order chi connectivity index (χ0) is 7.40. The molecule has 0 aromatic heterocycles. The lowest BCUT2D eigenvalue weighted by Crippen LogP contribution is -2.34. The van der Waals surface area contributed by atoms with Crippen LogP contribution in [0.15, 0.2) is 4.99 Å². The first-order chi connectivity index (χ1) is 4.79.